The van der Waals surface area contributed by atoms with Crippen molar-refractivity contribution in [2.24, 2.45) is 11.8 Å². The van der Waals surface area contributed by atoms with Crippen LogP contribution in [0.5, 0.6) is 0 Å². The molecular formula is C17H23NO2. The lowest BCUT2D eigenvalue weighted by atomic mass is 9.74. The summed E-state index contributed by atoms with van der Waals surface area (Å²) < 4.78 is 0. The maximum atomic E-state index is 12.3. The van der Waals surface area contributed by atoms with E-state index in [0.29, 0.717) is 24.2 Å². The molecular weight excluding hydrogens is 250 g/mol. The number of hydrogen-bond donors (Lipinski definition) is 1. The summed E-state index contributed by atoms with van der Waals surface area (Å²) >= 11 is 0. The Bertz CT molecular complexity index is 494. The van der Waals surface area contributed by atoms with Gasteiger partial charge in [0.25, 0.3) is 0 Å². The number of hydrogen-bond acceptors (Lipinski definition) is 2. The normalized spacial score (nSPS) is 28.4. The van der Waals surface area contributed by atoms with E-state index in [-0.39, 0.29) is 12.0 Å². The number of fused-ring (bicyclic) bond motifs is 1. The Morgan fingerprint density at radius 2 is 2.00 bits per heavy atom. The van der Waals surface area contributed by atoms with Crippen molar-refractivity contribution < 1.29 is 9.90 Å². The Morgan fingerprint density at radius 1 is 1.30 bits per heavy atom. The fraction of sp³-hybridized carbons (Fsp3) is 0.588. The number of likely N-dealkylation sites (tertiary alicyclic amines) is 1. The molecule has 0 unspecified atom stereocenters. The van der Waals surface area contributed by atoms with Gasteiger partial charge in [0, 0.05) is 19.0 Å². The van der Waals surface area contributed by atoms with Crippen LogP contribution in [0, 0.1) is 11.8 Å². The number of carbonyl (C=O) groups excluding carboxylic acids is 1. The lowest BCUT2D eigenvalue weighted by molar-refractivity contribution is -0.129. The van der Waals surface area contributed by atoms with E-state index in [1.165, 1.54) is 5.56 Å². The van der Waals surface area contributed by atoms with Gasteiger partial charge in [0.05, 0.1) is 12.5 Å². The molecule has 20 heavy (non-hydrogen) atoms. The van der Waals surface area contributed by atoms with Crippen molar-refractivity contribution in [3.8, 4) is 0 Å². The van der Waals surface area contributed by atoms with Crippen molar-refractivity contribution in [2.75, 3.05) is 13.1 Å². The third-order valence-electron chi connectivity index (χ3n) is 4.88. The topological polar surface area (TPSA) is 40.5 Å². The Labute approximate surface area is 120 Å². The maximum absolute atomic E-state index is 12.3. The van der Waals surface area contributed by atoms with Crippen molar-refractivity contribution in [1.82, 2.24) is 4.90 Å². The third kappa shape index (κ3) is 2.47. The van der Waals surface area contributed by atoms with Crippen LogP contribution in [0.2, 0.25) is 0 Å². The van der Waals surface area contributed by atoms with Crippen LogP contribution in [-0.2, 0) is 11.2 Å². The molecule has 3 atom stereocenters. The van der Waals surface area contributed by atoms with Crippen LogP contribution in [0.25, 0.3) is 0 Å². The lowest BCUT2D eigenvalue weighted by Crippen LogP contribution is -2.39. The zero-order chi connectivity index (χ0) is 14.3. The smallest absolute Gasteiger partial charge is 0.227 e. The molecule has 0 bridgehead atoms. The number of amides is 1. The van der Waals surface area contributed by atoms with Crippen LogP contribution in [0.4, 0.5) is 0 Å². The number of carbonyl (C=O) groups is 1. The number of benzene rings is 1. The molecule has 1 aromatic carbocycles. The van der Waals surface area contributed by atoms with Gasteiger partial charge >= 0.3 is 0 Å². The Kier molecular flexibility index (Phi) is 3.55. The van der Waals surface area contributed by atoms with E-state index >= 15 is 0 Å². The first-order valence-electron chi connectivity index (χ1n) is 7.59. The molecule has 1 saturated carbocycles. The van der Waals surface area contributed by atoms with E-state index < -0.39 is 0 Å². The second-order valence-electron chi connectivity index (χ2n) is 6.60. The summed E-state index contributed by atoms with van der Waals surface area (Å²) in [4.78, 5) is 14.2. The molecule has 1 aromatic rings. The van der Waals surface area contributed by atoms with Crippen LogP contribution >= 0.6 is 0 Å². The molecule has 108 valence electrons. The average molecular weight is 273 g/mol. The van der Waals surface area contributed by atoms with Crippen molar-refractivity contribution in [3.05, 3.63) is 35.4 Å². The van der Waals surface area contributed by atoms with Crippen molar-refractivity contribution in [1.29, 1.82) is 0 Å². The van der Waals surface area contributed by atoms with E-state index in [0.717, 1.165) is 25.1 Å². The van der Waals surface area contributed by atoms with Crippen LogP contribution in [-0.4, -0.2) is 35.1 Å². The Hall–Kier alpha value is -1.35. The van der Waals surface area contributed by atoms with Crippen molar-refractivity contribution >= 4 is 5.91 Å². The number of rotatable bonds is 3. The van der Waals surface area contributed by atoms with Gasteiger partial charge in [0.1, 0.15) is 0 Å². The highest BCUT2D eigenvalue weighted by atomic mass is 16.3. The second kappa shape index (κ2) is 5.21. The third-order valence-corrected chi connectivity index (χ3v) is 4.88. The largest absolute Gasteiger partial charge is 0.393 e. The summed E-state index contributed by atoms with van der Waals surface area (Å²) in [6, 6.07) is 8.36. The van der Waals surface area contributed by atoms with Crippen LogP contribution in [0.15, 0.2) is 24.3 Å². The van der Waals surface area contributed by atoms with E-state index in [1.807, 2.05) is 4.90 Å². The molecule has 1 amide bonds. The maximum Gasteiger partial charge on any atom is 0.227 e. The van der Waals surface area contributed by atoms with Gasteiger partial charge in [-0.05, 0) is 29.4 Å². The summed E-state index contributed by atoms with van der Waals surface area (Å²) in [5.41, 5.74) is 2.39. The van der Waals surface area contributed by atoms with Gasteiger partial charge in [0.15, 0.2) is 0 Å². The first-order chi connectivity index (χ1) is 9.54. The quantitative estimate of drug-likeness (QED) is 0.917. The van der Waals surface area contributed by atoms with Gasteiger partial charge in [-0.25, -0.2) is 0 Å². The Balaban J connectivity index is 1.59. The summed E-state index contributed by atoms with van der Waals surface area (Å²) in [6.45, 7) is 5.93. The molecule has 0 aromatic heterocycles. The van der Waals surface area contributed by atoms with Gasteiger partial charge in [-0.3, -0.25) is 4.79 Å². The zero-order valence-corrected chi connectivity index (χ0v) is 12.2. The van der Waals surface area contributed by atoms with Gasteiger partial charge in [-0.1, -0.05) is 38.1 Å². The second-order valence-corrected chi connectivity index (χ2v) is 6.60. The highest BCUT2D eigenvalue weighted by Gasteiger charge is 2.47. The SMILES string of the molecule is CC(C)c1ccc(CC(=O)N2C[C@H]3C[C@H](O)[C@H]3C2)cc1. The summed E-state index contributed by atoms with van der Waals surface area (Å²) in [7, 11) is 0. The summed E-state index contributed by atoms with van der Waals surface area (Å²) in [6.07, 6.45) is 1.17. The Morgan fingerprint density at radius 3 is 2.55 bits per heavy atom. The molecule has 1 aliphatic heterocycles. The number of aliphatic hydroxyl groups is 1. The lowest BCUT2D eigenvalue weighted by Gasteiger charge is -2.34. The predicted molar refractivity (Wildman–Crippen MR) is 78.4 cm³/mol. The van der Waals surface area contributed by atoms with Crippen molar-refractivity contribution in [3.63, 3.8) is 0 Å². The monoisotopic (exact) mass is 273 g/mol. The highest BCUT2D eigenvalue weighted by Crippen LogP contribution is 2.40. The summed E-state index contributed by atoms with van der Waals surface area (Å²) in [5.74, 6) is 1.60. The van der Waals surface area contributed by atoms with Crippen LogP contribution < -0.4 is 0 Å². The van der Waals surface area contributed by atoms with Crippen molar-refractivity contribution in [2.45, 2.75) is 38.7 Å². The van der Waals surface area contributed by atoms with E-state index in [1.54, 1.807) is 0 Å². The van der Waals surface area contributed by atoms with Gasteiger partial charge < -0.3 is 10.0 Å². The first-order valence-corrected chi connectivity index (χ1v) is 7.59. The molecule has 1 N–H and O–H groups in total. The summed E-state index contributed by atoms with van der Waals surface area (Å²) in [5, 5.41) is 9.65. The van der Waals surface area contributed by atoms with Crippen LogP contribution in [0.3, 0.4) is 0 Å². The minimum Gasteiger partial charge on any atom is -0.393 e. The molecule has 0 radical (unpaired) electrons. The minimum atomic E-state index is -0.178. The van der Waals surface area contributed by atoms with Crippen LogP contribution in [0.1, 0.15) is 37.3 Å². The standard InChI is InChI=1S/C17H23NO2/c1-11(2)13-5-3-12(4-6-13)7-17(20)18-9-14-8-16(19)15(14)10-18/h3-6,11,14-16,19H,7-10H2,1-2H3/t14-,15+,16+/m1/s1. The molecule has 1 saturated heterocycles. The molecule has 2 aliphatic rings. The number of nitrogens with zero attached hydrogens (tertiary/aromatic N) is 1. The van der Waals surface area contributed by atoms with Gasteiger partial charge in [-0.15, -0.1) is 0 Å². The molecule has 1 heterocycles. The zero-order valence-electron chi connectivity index (χ0n) is 12.2. The predicted octanol–water partition coefficient (Wildman–Crippen LogP) is 2.19. The number of aliphatic hydroxyl groups excluding tert-OH is 1. The minimum absolute atomic E-state index is 0.178. The first kappa shape index (κ1) is 13.6. The van der Waals surface area contributed by atoms with E-state index in [4.69, 9.17) is 0 Å². The molecule has 2 fully saturated rings. The molecule has 3 rings (SSSR count). The van der Waals surface area contributed by atoms with Gasteiger partial charge in [0.2, 0.25) is 5.91 Å². The average Bonchev–Trinajstić information content (AvgIpc) is 2.76. The fourth-order valence-electron chi connectivity index (χ4n) is 3.38. The van der Waals surface area contributed by atoms with Gasteiger partial charge in [-0.2, -0.15) is 0 Å². The van der Waals surface area contributed by atoms with E-state index in [9.17, 15) is 9.90 Å². The molecule has 1 aliphatic carbocycles. The highest BCUT2D eigenvalue weighted by molar-refractivity contribution is 5.79. The molecule has 3 heteroatoms. The fourth-order valence-corrected chi connectivity index (χ4v) is 3.38. The molecule has 3 nitrogen and oxygen atoms in total. The van der Waals surface area contributed by atoms with E-state index in [2.05, 4.69) is 38.1 Å². The molecule has 0 spiro atoms.